The van der Waals surface area contributed by atoms with Crippen molar-refractivity contribution in [2.75, 3.05) is 20.2 Å². The van der Waals surface area contributed by atoms with Crippen molar-refractivity contribution in [3.05, 3.63) is 29.3 Å². The second-order valence-electron chi connectivity index (χ2n) is 5.67. The summed E-state index contributed by atoms with van der Waals surface area (Å²) in [4.78, 5) is 2.24. The molecule has 19 heavy (non-hydrogen) atoms. The van der Waals surface area contributed by atoms with Gasteiger partial charge in [0.05, 0.1) is 18.3 Å². The van der Waals surface area contributed by atoms with Gasteiger partial charge in [0.2, 0.25) is 0 Å². The first kappa shape index (κ1) is 12.5. The first-order valence-electron chi connectivity index (χ1n) is 6.66. The van der Waals surface area contributed by atoms with E-state index in [1.807, 2.05) is 12.1 Å². The zero-order valence-electron chi connectivity index (χ0n) is 11.1. The summed E-state index contributed by atoms with van der Waals surface area (Å²) in [6, 6.07) is 7.77. The highest BCUT2D eigenvalue weighted by molar-refractivity contribution is 5.45. The average molecular weight is 258 g/mol. The van der Waals surface area contributed by atoms with Gasteiger partial charge in [0.25, 0.3) is 0 Å². The van der Waals surface area contributed by atoms with Crippen LogP contribution in [0.2, 0.25) is 0 Å². The van der Waals surface area contributed by atoms with E-state index >= 15 is 0 Å². The Hall–Kier alpha value is -1.57. The van der Waals surface area contributed by atoms with Crippen LogP contribution in [0, 0.1) is 17.2 Å². The van der Waals surface area contributed by atoms with Gasteiger partial charge in [-0.05, 0) is 36.5 Å². The van der Waals surface area contributed by atoms with Gasteiger partial charge in [0, 0.05) is 19.6 Å². The molecule has 1 heterocycles. The highest BCUT2D eigenvalue weighted by Crippen LogP contribution is 2.44. The molecule has 1 aromatic carbocycles. The van der Waals surface area contributed by atoms with Crippen molar-refractivity contribution < 1.29 is 9.84 Å². The highest BCUT2D eigenvalue weighted by Gasteiger charge is 2.51. The smallest absolute Gasteiger partial charge is 0.136 e. The van der Waals surface area contributed by atoms with Crippen molar-refractivity contribution in [3.63, 3.8) is 0 Å². The van der Waals surface area contributed by atoms with E-state index in [1.54, 1.807) is 13.2 Å². The second kappa shape index (κ2) is 4.52. The Morgan fingerprint density at radius 1 is 1.47 bits per heavy atom. The molecule has 2 aliphatic rings. The largest absolute Gasteiger partial charge is 0.495 e. The normalized spacial score (nSPS) is 21.5. The molecule has 0 atom stereocenters. The SMILES string of the molecule is COc1cc(CN2CC(O)(C3CC3)C2)ccc1C#N. The summed E-state index contributed by atoms with van der Waals surface area (Å²) in [5.74, 6) is 1.15. The first-order valence-corrected chi connectivity index (χ1v) is 6.66. The fourth-order valence-electron chi connectivity index (χ4n) is 2.90. The van der Waals surface area contributed by atoms with Crippen LogP contribution >= 0.6 is 0 Å². The van der Waals surface area contributed by atoms with Crippen LogP contribution in [0.15, 0.2) is 18.2 Å². The molecule has 1 saturated heterocycles. The minimum atomic E-state index is -0.434. The first-order chi connectivity index (χ1) is 9.14. The van der Waals surface area contributed by atoms with Gasteiger partial charge in [-0.15, -0.1) is 0 Å². The number of hydrogen-bond acceptors (Lipinski definition) is 4. The van der Waals surface area contributed by atoms with Gasteiger partial charge in [-0.2, -0.15) is 5.26 Å². The van der Waals surface area contributed by atoms with Crippen molar-refractivity contribution in [3.8, 4) is 11.8 Å². The molecule has 3 rings (SSSR count). The lowest BCUT2D eigenvalue weighted by Crippen LogP contribution is -2.62. The maximum absolute atomic E-state index is 10.3. The predicted octanol–water partition coefficient (Wildman–Crippen LogP) is 1.52. The van der Waals surface area contributed by atoms with Crippen LogP contribution in [0.25, 0.3) is 0 Å². The second-order valence-corrected chi connectivity index (χ2v) is 5.67. The van der Waals surface area contributed by atoms with Crippen LogP contribution in [-0.2, 0) is 6.54 Å². The van der Waals surface area contributed by atoms with Crippen molar-refractivity contribution in [1.29, 1.82) is 5.26 Å². The van der Waals surface area contributed by atoms with E-state index in [1.165, 1.54) is 12.8 Å². The molecule has 4 nitrogen and oxygen atoms in total. The molecule has 1 N–H and O–H groups in total. The Labute approximate surface area is 113 Å². The van der Waals surface area contributed by atoms with E-state index in [-0.39, 0.29) is 0 Å². The van der Waals surface area contributed by atoms with Gasteiger partial charge in [-0.1, -0.05) is 6.07 Å². The van der Waals surface area contributed by atoms with E-state index in [0.29, 0.717) is 17.2 Å². The third-order valence-electron chi connectivity index (χ3n) is 4.12. The Morgan fingerprint density at radius 3 is 2.79 bits per heavy atom. The average Bonchev–Trinajstić information content (AvgIpc) is 3.21. The molecule has 2 fully saturated rings. The lowest BCUT2D eigenvalue weighted by atomic mass is 9.88. The predicted molar refractivity (Wildman–Crippen MR) is 70.7 cm³/mol. The van der Waals surface area contributed by atoms with Gasteiger partial charge >= 0.3 is 0 Å². The van der Waals surface area contributed by atoms with E-state index < -0.39 is 5.60 Å². The molecule has 0 amide bonds. The molecule has 1 aromatic rings. The van der Waals surface area contributed by atoms with Crippen molar-refractivity contribution in [2.24, 2.45) is 5.92 Å². The molecular weight excluding hydrogens is 240 g/mol. The van der Waals surface area contributed by atoms with Gasteiger partial charge in [-0.25, -0.2) is 0 Å². The van der Waals surface area contributed by atoms with Crippen LogP contribution in [0.5, 0.6) is 5.75 Å². The van der Waals surface area contributed by atoms with E-state index in [2.05, 4.69) is 11.0 Å². The topological polar surface area (TPSA) is 56.5 Å². The van der Waals surface area contributed by atoms with E-state index in [0.717, 1.165) is 25.2 Å². The molecule has 1 aliphatic heterocycles. The van der Waals surface area contributed by atoms with Crippen LogP contribution in [-0.4, -0.2) is 35.8 Å². The quantitative estimate of drug-likeness (QED) is 0.889. The maximum atomic E-state index is 10.3. The lowest BCUT2D eigenvalue weighted by Gasteiger charge is -2.47. The van der Waals surface area contributed by atoms with E-state index in [4.69, 9.17) is 10.00 Å². The number of methoxy groups -OCH3 is 1. The molecule has 4 heteroatoms. The number of benzene rings is 1. The number of hydrogen-bond donors (Lipinski definition) is 1. The number of nitrogens with zero attached hydrogens (tertiary/aromatic N) is 2. The molecule has 100 valence electrons. The summed E-state index contributed by atoms with van der Waals surface area (Å²) >= 11 is 0. The summed E-state index contributed by atoms with van der Waals surface area (Å²) in [6.45, 7) is 2.33. The molecule has 0 unspecified atom stereocenters. The standard InChI is InChI=1S/C15H18N2O2/c1-19-14-6-11(2-3-12(14)7-16)8-17-9-15(18,10-17)13-4-5-13/h2-3,6,13,18H,4-5,8-10H2,1H3. The lowest BCUT2D eigenvalue weighted by molar-refractivity contribution is -0.116. The number of rotatable bonds is 4. The summed E-state index contributed by atoms with van der Waals surface area (Å²) < 4.78 is 5.21. The van der Waals surface area contributed by atoms with Gasteiger partial charge in [-0.3, -0.25) is 4.90 Å². The van der Waals surface area contributed by atoms with Crippen LogP contribution in [0.1, 0.15) is 24.0 Å². The third-order valence-corrected chi connectivity index (χ3v) is 4.12. The number of aliphatic hydroxyl groups is 1. The summed E-state index contributed by atoms with van der Waals surface area (Å²) in [5, 5.41) is 19.2. The van der Waals surface area contributed by atoms with Crippen LogP contribution in [0.3, 0.4) is 0 Å². The zero-order chi connectivity index (χ0) is 13.5. The summed E-state index contributed by atoms with van der Waals surface area (Å²) in [7, 11) is 1.58. The minimum absolute atomic E-state index is 0.434. The van der Waals surface area contributed by atoms with Crippen LogP contribution < -0.4 is 4.74 Å². The number of nitriles is 1. The molecule has 1 saturated carbocycles. The Bertz CT molecular complexity index is 525. The van der Waals surface area contributed by atoms with Gasteiger partial charge in [0.15, 0.2) is 0 Å². The van der Waals surface area contributed by atoms with Gasteiger partial charge in [0.1, 0.15) is 11.8 Å². The third kappa shape index (κ3) is 2.32. The minimum Gasteiger partial charge on any atom is -0.495 e. The summed E-state index contributed by atoms with van der Waals surface area (Å²) in [5.41, 5.74) is 1.24. The fraction of sp³-hybridized carbons (Fsp3) is 0.533. The maximum Gasteiger partial charge on any atom is 0.136 e. The summed E-state index contributed by atoms with van der Waals surface area (Å²) in [6.07, 6.45) is 2.35. The molecule has 0 radical (unpaired) electrons. The van der Waals surface area contributed by atoms with Crippen LogP contribution in [0.4, 0.5) is 0 Å². The number of ether oxygens (including phenoxy) is 1. The van der Waals surface area contributed by atoms with Gasteiger partial charge < -0.3 is 9.84 Å². The highest BCUT2D eigenvalue weighted by atomic mass is 16.5. The fourth-order valence-corrected chi connectivity index (χ4v) is 2.90. The molecular formula is C15H18N2O2. The van der Waals surface area contributed by atoms with E-state index in [9.17, 15) is 5.11 Å². The van der Waals surface area contributed by atoms with Crippen molar-refractivity contribution >= 4 is 0 Å². The molecule has 0 bridgehead atoms. The Morgan fingerprint density at radius 2 is 2.21 bits per heavy atom. The Balaban J connectivity index is 1.63. The Kier molecular flexibility index (Phi) is 2.96. The zero-order valence-corrected chi connectivity index (χ0v) is 11.1. The molecule has 0 spiro atoms. The van der Waals surface area contributed by atoms with Crippen molar-refractivity contribution in [2.45, 2.75) is 25.0 Å². The molecule has 1 aliphatic carbocycles. The monoisotopic (exact) mass is 258 g/mol. The number of likely N-dealkylation sites (tertiary alicyclic amines) is 1. The molecule has 0 aromatic heterocycles. The van der Waals surface area contributed by atoms with Crippen molar-refractivity contribution in [1.82, 2.24) is 4.90 Å². The number of β-amino-alcohol motifs (C(OH)–C–C–N with tert-alkyl or cyclic N) is 1.